The summed E-state index contributed by atoms with van der Waals surface area (Å²) in [4.78, 5) is 0.322. The Morgan fingerprint density at radius 3 is 2.94 bits per heavy atom. The maximum atomic E-state index is 12.5. The number of rotatable bonds is 3. The van der Waals surface area contributed by atoms with Gasteiger partial charge < -0.3 is 10.5 Å². The van der Waals surface area contributed by atoms with Gasteiger partial charge in [-0.3, -0.25) is 0 Å². The van der Waals surface area contributed by atoms with E-state index in [1.165, 1.54) is 4.31 Å². The van der Waals surface area contributed by atoms with Crippen molar-refractivity contribution in [1.82, 2.24) is 4.31 Å². The molecule has 1 aromatic carbocycles. The van der Waals surface area contributed by atoms with Crippen LogP contribution in [-0.4, -0.2) is 45.1 Å². The molecule has 0 aliphatic carbocycles. The number of hydrogen-bond donors (Lipinski definition) is 1. The number of ether oxygens (including phenoxy) is 1. The van der Waals surface area contributed by atoms with Gasteiger partial charge in [-0.05, 0) is 24.6 Å². The van der Waals surface area contributed by atoms with E-state index in [2.05, 4.69) is 0 Å². The van der Waals surface area contributed by atoms with E-state index in [1.54, 1.807) is 18.2 Å². The Labute approximate surface area is 108 Å². The van der Waals surface area contributed by atoms with Crippen molar-refractivity contribution >= 4 is 10.0 Å². The number of morpholine rings is 1. The highest BCUT2D eigenvalue weighted by Gasteiger charge is 2.33. The van der Waals surface area contributed by atoms with Gasteiger partial charge in [-0.1, -0.05) is 12.1 Å². The van der Waals surface area contributed by atoms with E-state index < -0.39 is 10.0 Å². The summed E-state index contributed by atoms with van der Waals surface area (Å²) in [5, 5.41) is 0. The summed E-state index contributed by atoms with van der Waals surface area (Å²) in [6.07, 6.45) is 0. The fourth-order valence-corrected chi connectivity index (χ4v) is 3.76. The second-order valence-corrected chi connectivity index (χ2v) is 6.29. The van der Waals surface area contributed by atoms with Gasteiger partial charge in [0.1, 0.15) is 0 Å². The van der Waals surface area contributed by atoms with Crippen molar-refractivity contribution in [3.05, 3.63) is 29.8 Å². The summed E-state index contributed by atoms with van der Waals surface area (Å²) in [5.41, 5.74) is 6.54. The maximum absolute atomic E-state index is 12.5. The minimum absolute atomic E-state index is 0.269. The molecule has 0 amide bonds. The zero-order valence-corrected chi connectivity index (χ0v) is 11.2. The molecule has 2 rings (SSSR count). The molecule has 1 saturated heterocycles. The predicted molar refractivity (Wildman–Crippen MR) is 68.7 cm³/mol. The average molecular weight is 270 g/mol. The lowest BCUT2D eigenvalue weighted by atomic mass is 10.2. The maximum Gasteiger partial charge on any atom is 0.243 e. The van der Waals surface area contributed by atoms with Gasteiger partial charge in [0.2, 0.25) is 10.0 Å². The largest absolute Gasteiger partial charge is 0.378 e. The van der Waals surface area contributed by atoms with Gasteiger partial charge in [-0.15, -0.1) is 0 Å². The van der Waals surface area contributed by atoms with Gasteiger partial charge >= 0.3 is 0 Å². The number of aryl methyl sites for hydroxylation is 1. The van der Waals surface area contributed by atoms with Crippen LogP contribution in [0.1, 0.15) is 5.56 Å². The van der Waals surface area contributed by atoms with Crippen molar-refractivity contribution < 1.29 is 13.2 Å². The monoisotopic (exact) mass is 270 g/mol. The highest BCUT2D eigenvalue weighted by molar-refractivity contribution is 7.89. The second kappa shape index (κ2) is 5.36. The summed E-state index contributed by atoms with van der Waals surface area (Å²) in [5.74, 6) is 0. The van der Waals surface area contributed by atoms with Crippen molar-refractivity contribution in [2.75, 3.05) is 26.3 Å². The molecule has 1 aromatic rings. The molecule has 1 heterocycles. The smallest absolute Gasteiger partial charge is 0.243 e. The minimum atomic E-state index is -3.47. The van der Waals surface area contributed by atoms with Crippen LogP contribution >= 0.6 is 0 Å². The van der Waals surface area contributed by atoms with Crippen LogP contribution in [0.3, 0.4) is 0 Å². The third kappa shape index (κ3) is 2.56. The Bertz CT molecular complexity index is 516. The summed E-state index contributed by atoms with van der Waals surface area (Å²) < 4.78 is 31.8. The van der Waals surface area contributed by atoms with Crippen LogP contribution in [-0.2, 0) is 14.8 Å². The van der Waals surface area contributed by atoms with Crippen LogP contribution in [0.15, 0.2) is 29.2 Å². The molecule has 18 heavy (non-hydrogen) atoms. The summed E-state index contributed by atoms with van der Waals surface area (Å²) in [7, 11) is -3.47. The molecule has 1 fully saturated rings. The van der Waals surface area contributed by atoms with Crippen molar-refractivity contribution in [1.29, 1.82) is 0 Å². The van der Waals surface area contributed by atoms with Crippen molar-refractivity contribution in [3.8, 4) is 0 Å². The van der Waals surface area contributed by atoms with Crippen LogP contribution in [0.2, 0.25) is 0 Å². The average Bonchev–Trinajstić information content (AvgIpc) is 2.38. The molecule has 0 saturated carbocycles. The SMILES string of the molecule is Cc1cccc(S(=O)(=O)N2CCOCC2CN)c1. The fraction of sp³-hybridized carbons (Fsp3) is 0.500. The molecular weight excluding hydrogens is 252 g/mol. The first kappa shape index (κ1) is 13.5. The molecule has 2 N–H and O–H groups in total. The Balaban J connectivity index is 2.35. The van der Waals surface area contributed by atoms with Crippen LogP contribution in [0, 0.1) is 6.92 Å². The Morgan fingerprint density at radius 1 is 1.50 bits per heavy atom. The molecule has 0 aromatic heterocycles. The van der Waals surface area contributed by atoms with E-state index in [-0.39, 0.29) is 12.6 Å². The first-order chi connectivity index (χ1) is 8.55. The van der Waals surface area contributed by atoms with Gasteiger partial charge in [0.05, 0.1) is 24.2 Å². The van der Waals surface area contributed by atoms with Gasteiger partial charge in [-0.25, -0.2) is 8.42 Å². The lowest BCUT2D eigenvalue weighted by Gasteiger charge is -2.33. The zero-order valence-electron chi connectivity index (χ0n) is 10.4. The molecule has 0 bridgehead atoms. The Hall–Kier alpha value is -0.950. The molecule has 1 atom stereocenters. The predicted octanol–water partition coefficient (Wildman–Crippen LogP) is 0.343. The van der Waals surface area contributed by atoms with Crippen molar-refractivity contribution in [2.45, 2.75) is 17.9 Å². The van der Waals surface area contributed by atoms with E-state index in [4.69, 9.17) is 10.5 Å². The minimum Gasteiger partial charge on any atom is -0.378 e. The molecule has 0 spiro atoms. The Morgan fingerprint density at radius 2 is 2.28 bits per heavy atom. The third-order valence-corrected chi connectivity index (χ3v) is 4.99. The Kier molecular flexibility index (Phi) is 4.01. The molecule has 1 aliphatic rings. The standard InChI is InChI=1S/C12H18N2O3S/c1-10-3-2-4-12(7-10)18(15,16)14-5-6-17-9-11(14)8-13/h2-4,7,11H,5-6,8-9,13H2,1H3. The van der Waals surface area contributed by atoms with Crippen molar-refractivity contribution in [2.24, 2.45) is 5.73 Å². The molecule has 6 heteroatoms. The van der Waals surface area contributed by atoms with Crippen LogP contribution in [0.25, 0.3) is 0 Å². The fourth-order valence-electron chi connectivity index (χ4n) is 2.05. The first-order valence-electron chi connectivity index (χ1n) is 5.92. The summed E-state index contributed by atoms with van der Waals surface area (Å²) in [6, 6.07) is 6.65. The van der Waals surface area contributed by atoms with Gasteiger partial charge in [0.15, 0.2) is 0 Å². The number of hydrogen-bond acceptors (Lipinski definition) is 4. The number of sulfonamides is 1. The lowest BCUT2D eigenvalue weighted by Crippen LogP contribution is -2.51. The van der Waals surface area contributed by atoms with E-state index in [9.17, 15) is 8.42 Å². The molecule has 1 unspecified atom stereocenters. The number of benzene rings is 1. The second-order valence-electron chi connectivity index (χ2n) is 4.40. The third-order valence-electron chi connectivity index (χ3n) is 3.04. The van der Waals surface area contributed by atoms with Gasteiger partial charge in [0, 0.05) is 13.1 Å². The highest BCUT2D eigenvalue weighted by atomic mass is 32.2. The topological polar surface area (TPSA) is 72.6 Å². The summed E-state index contributed by atoms with van der Waals surface area (Å²) in [6.45, 7) is 3.28. The number of nitrogens with zero attached hydrogens (tertiary/aromatic N) is 1. The van der Waals surface area contributed by atoms with Crippen LogP contribution < -0.4 is 5.73 Å². The molecule has 100 valence electrons. The van der Waals surface area contributed by atoms with Crippen LogP contribution in [0.4, 0.5) is 0 Å². The summed E-state index contributed by atoms with van der Waals surface area (Å²) >= 11 is 0. The van der Waals surface area contributed by atoms with Gasteiger partial charge in [-0.2, -0.15) is 4.31 Å². The quantitative estimate of drug-likeness (QED) is 0.860. The zero-order chi connectivity index (χ0) is 13.2. The number of nitrogens with two attached hydrogens (primary N) is 1. The highest BCUT2D eigenvalue weighted by Crippen LogP contribution is 2.20. The van der Waals surface area contributed by atoms with E-state index in [0.29, 0.717) is 24.7 Å². The molecule has 5 nitrogen and oxygen atoms in total. The van der Waals surface area contributed by atoms with E-state index in [0.717, 1.165) is 5.56 Å². The molecule has 0 radical (unpaired) electrons. The van der Waals surface area contributed by atoms with E-state index in [1.807, 2.05) is 13.0 Å². The molecular formula is C12H18N2O3S. The van der Waals surface area contributed by atoms with Crippen LogP contribution in [0.5, 0.6) is 0 Å². The lowest BCUT2D eigenvalue weighted by molar-refractivity contribution is 0.0358. The molecule has 1 aliphatic heterocycles. The van der Waals surface area contributed by atoms with E-state index >= 15 is 0 Å². The first-order valence-corrected chi connectivity index (χ1v) is 7.36. The normalized spacial score (nSPS) is 22.0. The van der Waals surface area contributed by atoms with Crippen molar-refractivity contribution in [3.63, 3.8) is 0 Å². The van der Waals surface area contributed by atoms with Gasteiger partial charge in [0.25, 0.3) is 0 Å².